The van der Waals surface area contributed by atoms with Crippen molar-refractivity contribution < 1.29 is 14.3 Å². The molecular formula is C35H46N6O4S. The van der Waals surface area contributed by atoms with Crippen LogP contribution in [0.3, 0.4) is 0 Å². The number of piperidine rings is 1. The molecule has 10 nitrogen and oxygen atoms in total. The van der Waals surface area contributed by atoms with Crippen LogP contribution in [0.15, 0.2) is 34.2 Å². The summed E-state index contributed by atoms with van der Waals surface area (Å²) in [5.41, 5.74) is 3.77. The van der Waals surface area contributed by atoms with Crippen molar-refractivity contribution in [2.45, 2.75) is 89.0 Å². The molecule has 0 radical (unpaired) electrons. The number of anilines is 1. The van der Waals surface area contributed by atoms with Crippen LogP contribution >= 0.6 is 11.8 Å². The van der Waals surface area contributed by atoms with Crippen LogP contribution in [-0.4, -0.2) is 71.0 Å². The van der Waals surface area contributed by atoms with Gasteiger partial charge in [0.25, 0.3) is 17.3 Å². The Morgan fingerprint density at radius 1 is 1.07 bits per heavy atom. The highest BCUT2D eigenvalue weighted by atomic mass is 32.2. The number of hydrogen-bond acceptors (Lipinski definition) is 9. The zero-order valence-electron chi connectivity index (χ0n) is 27.9. The van der Waals surface area contributed by atoms with Crippen molar-refractivity contribution in [1.29, 1.82) is 0 Å². The third-order valence-electron chi connectivity index (χ3n) is 9.97. The Morgan fingerprint density at radius 3 is 2.39 bits per heavy atom. The molecule has 0 spiro atoms. The van der Waals surface area contributed by atoms with Crippen LogP contribution in [-0.2, 0) is 6.54 Å². The maximum atomic E-state index is 13.9. The van der Waals surface area contributed by atoms with Gasteiger partial charge in [0.2, 0.25) is 5.95 Å². The van der Waals surface area contributed by atoms with Crippen LogP contribution in [0.4, 0.5) is 5.95 Å². The van der Waals surface area contributed by atoms with Gasteiger partial charge in [-0.05, 0) is 91.3 Å². The second-order valence-corrected chi connectivity index (χ2v) is 14.1. The number of H-pyrrole nitrogens is 1. The number of aromatic nitrogens is 3. The highest BCUT2D eigenvalue weighted by molar-refractivity contribution is 7.98. The Balaban J connectivity index is 1.33. The summed E-state index contributed by atoms with van der Waals surface area (Å²) in [7, 11) is 4.28. The molecule has 1 saturated heterocycles. The zero-order valence-corrected chi connectivity index (χ0v) is 28.7. The van der Waals surface area contributed by atoms with E-state index in [1.165, 1.54) is 18.2 Å². The number of rotatable bonds is 8. The average Bonchev–Trinajstić information content (AvgIpc) is 3.43. The number of pyridine rings is 1. The minimum Gasteiger partial charge on any atom is -0.448 e. The molecular weight excluding hydrogens is 600 g/mol. The summed E-state index contributed by atoms with van der Waals surface area (Å²) < 4.78 is 13.5. The maximum Gasteiger partial charge on any atom is 0.254 e. The number of benzene rings is 1. The van der Waals surface area contributed by atoms with Gasteiger partial charge in [-0.2, -0.15) is 0 Å². The smallest absolute Gasteiger partial charge is 0.254 e. The summed E-state index contributed by atoms with van der Waals surface area (Å²) in [6.07, 6.45) is 13.2. The van der Waals surface area contributed by atoms with E-state index in [1.54, 1.807) is 0 Å². The van der Waals surface area contributed by atoms with E-state index in [0.29, 0.717) is 34.2 Å². The summed E-state index contributed by atoms with van der Waals surface area (Å²) in [6.45, 7) is 7.80. The first-order chi connectivity index (χ1) is 22.1. The normalized spacial score (nSPS) is 22.7. The van der Waals surface area contributed by atoms with Gasteiger partial charge in [-0.3, -0.25) is 9.59 Å². The Bertz CT molecular complexity index is 1640. The summed E-state index contributed by atoms with van der Waals surface area (Å²) in [5, 5.41) is 3.00. The SMILES string of the molecule is CSc1cc(C)[nH]c(=O)c1CNC(=O)c1cc(-c2cnc(N3CCCCC3)nc2)c2c(c1C)OC(C)(C1CCC(N(C)C)CC1)O2. The van der Waals surface area contributed by atoms with Gasteiger partial charge in [0.05, 0.1) is 0 Å². The Labute approximate surface area is 275 Å². The third-order valence-corrected chi connectivity index (χ3v) is 10.8. The fraction of sp³-hybridized carbons (Fsp3) is 0.543. The van der Waals surface area contributed by atoms with E-state index in [2.05, 4.69) is 34.2 Å². The molecule has 1 aromatic carbocycles. The number of fused-ring (bicyclic) bond motifs is 1. The van der Waals surface area contributed by atoms with Gasteiger partial charge >= 0.3 is 0 Å². The Kier molecular flexibility index (Phi) is 9.34. The molecule has 11 heteroatoms. The molecule has 6 rings (SSSR count). The quantitative estimate of drug-likeness (QED) is 0.298. The van der Waals surface area contributed by atoms with E-state index < -0.39 is 5.79 Å². The molecule has 2 fully saturated rings. The van der Waals surface area contributed by atoms with Crippen molar-refractivity contribution in [3.05, 3.63) is 57.3 Å². The minimum atomic E-state index is -0.856. The predicted octanol–water partition coefficient (Wildman–Crippen LogP) is 5.70. The topological polar surface area (TPSA) is 113 Å². The number of carbonyl (C=O) groups excluding carboxylic acids is 1. The number of thioether (sulfide) groups is 1. The van der Waals surface area contributed by atoms with Crippen LogP contribution < -0.4 is 25.2 Å². The average molecular weight is 647 g/mol. The number of nitrogens with one attached hydrogen (secondary N) is 2. The van der Waals surface area contributed by atoms with E-state index in [4.69, 9.17) is 19.4 Å². The molecule has 3 aromatic rings. The number of ether oxygens (including phenoxy) is 2. The predicted molar refractivity (Wildman–Crippen MR) is 182 cm³/mol. The number of aromatic amines is 1. The van der Waals surface area contributed by atoms with Crippen molar-refractivity contribution in [2.24, 2.45) is 5.92 Å². The number of carbonyl (C=O) groups is 1. The van der Waals surface area contributed by atoms with E-state index >= 15 is 0 Å². The van der Waals surface area contributed by atoms with E-state index in [0.717, 1.165) is 79.3 Å². The van der Waals surface area contributed by atoms with Gasteiger partial charge < -0.3 is 29.6 Å². The van der Waals surface area contributed by atoms with Crippen molar-refractivity contribution in [1.82, 2.24) is 25.2 Å². The Morgan fingerprint density at radius 2 is 1.74 bits per heavy atom. The molecule has 4 heterocycles. The van der Waals surface area contributed by atoms with Gasteiger partial charge in [-0.25, -0.2) is 9.97 Å². The third kappa shape index (κ3) is 6.36. The molecule has 1 unspecified atom stereocenters. The van der Waals surface area contributed by atoms with Crippen LogP contribution in [0.2, 0.25) is 0 Å². The lowest BCUT2D eigenvalue weighted by atomic mass is 9.81. The van der Waals surface area contributed by atoms with Crippen molar-refractivity contribution in [3.63, 3.8) is 0 Å². The molecule has 1 aliphatic carbocycles. The fourth-order valence-corrected chi connectivity index (χ4v) is 7.84. The van der Waals surface area contributed by atoms with Crippen LogP contribution in [0, 0.1) is 19.8 Å². The van der Waals surface area contributed by atoms with Crippen LogP contribution in [0.1, 0.15) is 79.0 Å². The molecule has 2 N–H and O–H groups in total. The minimum absolute atomic E-state index is 0.105. The summed E-state index contributed by atoms with van der Waals surface area (Å²) in [4.78, 5) is 44.3. The second kappa shape index (κ2) is 13.3. The number of nitrogens with zero attached hydrogens (tertiary/aromatic N) is 4. The molecule has 2 aromatic heterocycles. The molecule has 46 heavy (non-hydrogen) atoms. The maximum absolute atomic E-state index is 13.9. The van der Waals surface area contributed by atoms with Crippen LogP contribution in [0.5, 0.6) is 11.5 Å². The lowest BCUT2D eigenvalue weighted by Crippen LogP contribution is -2.46. The van der Waals surface area contributed by atoms with Gasteiger partial charge in [-0.15, -0.1) is 11.8 Å². The lowest BCUT2D eigenvalue weighted by Gasteiger charge is -2.39. The highest BCUT2D eigenvalue weighted by Crippen LogP contribution is 2.52. The first-order valence-electron chi connectivity index (χ1n) is 16.4. The molecule has 2 aliphatic heterocycles. The van der Waals surface area contributed by atoms with Crippen LogP contribution in [0.25, 0.3) is 11.1 Å². The molecule has 1 saturated carbocycles. The summed E-state index contributed by atoms with van der Waals surface area (Å²) >= 11 is 1.49. The lowest BCUT2D eigenvalue weighted by molar-refractivity contribution is -0.123. The largest absolute Gasteiger partial charge is 0.448 e. The molecule has 0 bridgehead atoms. The van der Waals surface area contributed by atoms with Gasteiger partial charge in [0.15, 0.2) is 11.5 Å². The molecule has 3 aliphatic rings. The Hall–Kier alpha value is -3.57. The van der Waals surface area contributed by atoms with E-state index in [9.17, 15) is 9.59 Å². The summed E-state index contributed by atoms with van der Waals surface area (Å²) in [5.74, 6) is 0.987. The fourth-order valence-electron chi connectivity index (χ4n) is 7.13. The van der Waals surface area contributed by atoms with Crippen molar-refractivity contribution in [2.75, 3.05) is 38.3 Å². The number of amides is 1. The monoisotopic (exact) mass is 646 g/mol. The van der Waals surface area contributed by atoms with E-state index in [1.807, 2.05) is 51.6 Å². The van der Waals surface area contributed by atoms with Crippen molar-refractivity contribution in [3.8, 4) is 22.6 Å². The summed E-state index contributed by atoms with van der Waals surface area (Å²) in [6, 6.07) is 4.34. The van der Waals surface area contributed by atoms with Gasteiger partial charge in [0.1, 0.15) is 0 Å². The van der Waals surface area contributed by atoms with Gasteiger partial charge in [-0.1, -0.05) is 0 Å². The molecule has 1 atom stereocenters. The van der Waals surface area contributed by atoms with Gasteiger partial charge in [0, 0.05) is 89.3 Å². The standard InChI is InChI=1S/C35H46N6O4S/c1-21-16-29(46-6)28(33(43)39-21)20-36-32(42)26-17-27(23-18-37-34(38-19-23)41-14-8-7-9-15-41)31-30(22(26)2)44-35(3,45-31)24-10-12-25(13-11-24)40(4)5/h16-19,24-25H,7-15,20H2,1-6H3,(H,36,42)(H,39,43). The first kappa shape index (κ1) is 32.4. The molecule has 1 amide bonds. The zero-order chi connectivity index (χ0) is 32.6. The highest BCUT2D eigenvalue weighted by Gasteiger charge is 2.47. The van der Waals surface area contributed by atoms with Crippen molar-refractivity contribution >= 4 is 23.6 Å². The van der Waals surface area contributed by atoms with E-state index in [-0.39, 0.29) is 23.9 Å². The second-order valence-electron chi connectivity index (χ2n) is 13.3. The first-order valence-corrected chi connectivity index (χ1v) is 17.6. The number of hydrogen-bond donors (Lipinski definition) is 2. The molecule has 246 valence electrons. The number of aryl methyl sites for hydroxylation is 1.